The maximum atomic E-state index is 2.75. The first-order chi connectivity index (χ1) is 20.1. The van der Waals surface area contributed by atoms with E-state index in [0.717, 1.165) is 78.4 Å². The fourth-order valence-electron chi connectivity index (χ4n) is 11.7. The molecular weight excluding hydrogens is 512 g/mol. The molecule has 0 spiro atoms. The zero-order valence-corrected chi connectivity index (χ0v) is 29.6. The molecule has 5 unspecified atom stereocenters. The Labute approximate surface area is 262 Å². The summed E-state index contributed by atoms with van der Waals surface area (Å²) in [6.07, 6.45) is 23.6. The quantitative estimate of drug-likeness (QED) is 0.328. The smallest absolute Gasteiger partial charge is 0.0128 e. The van der Waals surface area contributed by atoms with Crippen molar-refractivity contribution in [3.8, 4) is 0 Å². The minimum atomic E-state index is 0.775. The molecule has 0 radical (unpaired) electrons. The number of nitrogens with zero attached hydrogens (tertiary/aromatic N) is 4. The van der Waals surface area contributed by atoms with E-state index >= 15 is 0 Å². The minimum absolute atomic E-state index is 0.775. The molecule has 0 aliphatic carbocycles. The molecule has 4 nitrogen and oxygen atoms in total. The van der Waals surface area contributed by atoms with Crippen LogP contribution in [0.3, 0.4) is 0 Å². The number of hydrogen-bond acceptors (Lipinski definition) is 4. The maximum Gasteiger partial charge on any atom is 0.0128 e. The predicted molar refractivity (Wildman–Crippen MR) is 181 cm³/mol. The maximum absolute atomic E-state index is 2.75. The molecule has 0 aromatic heterocycles. The predicted octanol–water partition coefficient (Wildman–Crippen LogP) is 8.72. The van der Waals surface area contributed by atoms with Crippen molar-refractivity contribution >= 4 is 0 Å². The molecule has 5 atom stereocenters. The molecule has 0 saturated carbocycles. The van der Waals surface area contributed by atoms with Crippen LogP contribution in [0, 0.1) is 5.92 Å². The summed E-state index contributed by atoms with van der Waals surface area (Å²) >= 11 is 0. The lowest BCUT2D eigenvalue weighted by molar-refractivity contribution is 0.104. The van der Waals surface area contributed by atoms with Crippen LogP contribution in [-0.2, 0) is 0 Å². The second-order valence-electron chi connectivity index (χ2n) is 16.9. The highest BCUT2D eigenvalue weighted by atomic mass is 15.3. The van der Waals surface area contributed by atoms with Gasteiger partial charge in [-0.3, -0.25) is 19.6 Å². The van der Waals surface area contributed by atoms with Crippen LogP contribution in [-0.4, -0.2) is 92.1 Å². The zero-order valence-electron chi connectivity index (χ0n) is 29.6. The Kier molecular flexibility index (Phi) is 11.5. The number of hydrogen-bond donors (Lipinski definition) is 0. The minimum Gasteiger partial charge on any atom is -0.295 e. The average molecular weight is 585 g/mol. The van der Waals surface area contributed by atoms with Gasteiger partial charge in [0, 0.05) is 72.5 Å². The van der Waals surface area contributed by atoms with Crippen LogP contribution in [0.4, 0.5) is 0 Å². The van der Waals surface area contributed by atoms with E-state index in [9.17, 15) is 0 Å². The van der Waals surface area contributed by atoms with E-state index in [-0.39, 0.29) is 0 Å². The highest BCUT2D eigenvalue weighted by Gasteiger charge is 2.45. The van der Waals surface area contributed by atoms with Crippen molar-refractivity contribution in [3.63, 3.8) is 0 Å². The zero-order chi connectivity index (χ0) is 30.1. The SMILES string of the molecule is CC(C)N1C2CCC1CC2.CC(C)N1C2CCC1CC2.CC(C)N1C2CCCC1CC2.CC1CC2CCC1N2C(C)C. The van der Waals surface area contributed by atoms with Crippen LogP contribution in [0.2, 0.25) is 0 Å². The number of rotatable bonds is 4. The summed E-state index contributed by atoms with van der Waals surface area (Å²) in [7, 11) is 0. The van der Waals surface area contributed by atoms with Crippen molar-refractivity contribution in [1.82, 2.24) is 19.6 Å². The Morgan fingerprint density at radius 3 is 0.833 bits per heavy atom. The van der Waals surface area contributed by atoms with Crippen LogP contribution in [0.5, 0.6) is 0 Å². The molecule has 8 aliphatic rings. The first kappa shape index (κ1) is 33.2. The van der Waals surface area contributed by atoms with Gasteiger partial charge in [-0.15, -0.1) is 0 Å². The number of fused-ring (bicyclic) bond motifs is 8. The van der Waals surface area contributed by atoms with Gasteiger partial charge in [0.2, 0.25) is 0 Å². The van der Waals surface area contributed by atoms with E-state index < -0.39 is 0 Å². The summed E-state index contributed by atoms with van der Waals surface area (Å²) in [6.45, 7) is 21.1. The van der Waals surface area contributed by atoms with Crippen molar-refractivity contribution in [2.75, 3.05) is 0 Å². The molecule has 8 heterocycles. The lowest BCUT2D eigenvalue weighted by Gasteiger charge is -2.37. The molecule has 0 aromatic carbocycles. The molecule has 244 valence electrons. The van der Waals surface area contributed by atoms with Gasteiger partial charge in [-0.25, -0.2) is 0 Å². The van der Waals surface area contributed by atoms with Gasteiger partial charge in [-0.2, -0.15) is 0 Å². The highest BCUT2D eigenvalue weighted by molar-refractivity contribution is 5.00. The van der Waals surface area contributed by atoms with Gasteiger partial charge in [-0.05, 0) is 158 Å². The normalized spacial score (nSPS) is 40.6. The van der Waals surface area contributed by atoms with Crippen LogP contribution in [0.25, 0.3) is 0 Å². The first-order valence-electron chi connectivity index (χ1n) is 19.2. The van der Waals surface area contributed by atoms with Gasteiger partial charge in [0.15, 0.2) is 0 Å². The van der Waals surface area contributed by atoms with Crippen LogP contribution < -0.4 is 0 Å². The second kappa shape index (κ2) is 14.5. The van der Waals surface area contributed by atoms with Crippen molar-refractivity contribution in [2.45, 2.75) is 238 Å². The molecule has 42 heavy (non-hydrogen) atoms. The van der Waals surface area contributed by atoms with Gasteiger partial charge in [0.25, 0.3) is 0 Å². The van der Waals surface area contributed by atoms with E-state index in [0.29, 0.717) is 0 Å². The average Bonchev–Trinajstić information content (AvgIpc) is 3.81. The third-order valence-electron chi connectivity index (χ3n) is 13.1. The molecule has 8 aliphatic heterocycles. The first-order valence-corrected chi connectivity index (χ1v) is 19.2. The van der Waals surface area contributed by atoms with Crippen LogP contribution in [0.1, 0.15) is 165 Å². The van der Waals surface area contributed by atoms with Crippen LogP contribution in [0.15, 0.2) is 0 Å². The second-order valence-corrected chi connectivity index (χ2v) is 16.9. The van der Waals surface area contributed by atoms with Crippen LogP contribution >= 0.6 is 0 Å². The third kappa shape index (κ3) is 7.13. The molecule has 0 aromatic rings. The van der Waals surface area contributed by atoms with Crippen molar-refractivity contribution in [1.29, 1.82) is 0 Å². The Morgan fingerprint density at radius 2 is 0.643 bits per heavy atom. The summed E-state index contributed by atoms with van der Waals surface area (Å²) in [5, 5.41) is 0. The topological polar surface area (TPSA) is 13.0 Å². The molecule has 4 heteroatoms. The molecular formula is C38H72N4. The number of piperidine rings is 1. The van der Waals surface area contributed by atoms with E-state index in [2.05, 4.69) is 81.9 Å². The fraction of sp³-hybridized carbons (Fsp3) is 1.00. The Bertz CT molecular complexity index is 727. The molecule has 8 saturated heterocycles. The Hall–Kier alpha value is -0.160. The monoisotopic (exact) mass is 585 g/mol. The largest absolute Gasteiger partial charge is 0.295 e. The lowest BCUT2D eigenvalue weighted by Crippen LogP contribution is -2.43. The van der Waals surface area contributed by atoms with E-state index in [4.69, 9.17) is 0 Å². The van der Waals surface area contributed by atoms with Gasteiger partial charge in [0.05, 0.1) is 0 Å². The molecule has 8 bridgehead atoms. The molecule has 8 fully saturated rings. The van der Waals surface area contributed by atoms with Gasteiger partial charge in [0.1, 0.15) is 0 Å². The van der Waals surface area contributed by atoms with E-state index in [1.807, 2.05) is 0 Å². The van der Waals surface area contributed by atoms with Crippen molar-refractivity contribution < 1.29 is 0 Å². The summed E-state index contributed by atoms with van der Waals surface area (Å²) in [5.74, 6) is 0.969. The summed E-state index contributed by atoms with van der Waals surface area (Å²) < 4.78 is 0. The molecule has 8 rings (SSSR count). The summed E-state index contributed by atoms with van der Waals surface area (Å²) in [6, 6.07) is 10.8. The van der Waals surface area contributed by atoms with Gasteiger partial charge >= 0.3 is 0 Å². The standard InChI is InChI=1S/2C10H19N.2C9H17N/c1-7(2)11-9-4-5-10(11)8(3)6-9;1-8(2)11-9-4-3-5-10(11)7-6-9;2*1-7(2)10-8-3-4-9(10)6-5-8/h7-10H,4-6H2,1-3H3;8-10H,3-7H2,1-2H3;2*7-9H,3-6H2,1-2H3. The molecule has 0 N–H and O–H groups in total. The summed E-state index contributed by atoms with van der Waals surface area (Å²) in [5.41, 5.74) is 0. The van der Waals surface area contributed by atoms with E-state index in [1.165, 1.54) is 103 Å². The molecule has 0 amide bonds. The van der Waals surface area contributed by atoms with E-state index in [1.54, 1.807) is 0 Å². The summed E-state index contributed by atoms with van der Waals surface area (Å²) in [4.78, 5) is 10.9. The highest BCUT2D eigenvalue weighted by Crippen LogP contribution is 2.43. The van der Waals surface area contributed by atoms with Gasteiger partial charge < -0.3 is 0 Å². The van der Waals surface area contributed by atoms with Gasteiger partial charge in [-0.1, -0.05) is 13.3 Å². The fourth-order valence-corrected chi connectivity index (χ4v) is 11.7. The van der Waals surface area contributed by atoms with Crippen molar-refractivity contribution in [2.24, 2.45) is 5.92 Å². The third-order valence-corrected chi connectivity index (χ3v) is 13.1. The Morgan fingerprint density at radius 1 is 0.357 bits per heavy atom. The lowest BCUT2D eigenvalue weighted by atomic mass is 9.91. The Balaban J connectivity index is 0.000000112. The van der Waals surface area contributed by atoms with Crippen molar-refractivity contribution in [3.05, 3.63) is 0 Å².